The van der Waals surface area contributed by atoms with Crippen molar-refractivity contribution in [2.45, 2.75) is 0 Å². The molecule has 0 bridgehead atoms. The summed E-state index contributed by atoms with van der Waals surface area (Å²) in [5, 5.41) is 18.3. The number of hydrogen-bond acceptors (Lipinski definition) is 5. The van der Waals surface area contributed by atoms with Gasteiger partial charge in [-0.2, -0.15) is 5.21 Å². The molecule has 6 nitrogen and oxygen atoms in total. The molecule has 14 heavy (non-hydrogen) atoms. The van der Waals surface area contributed by atoms with E-state index in [1.54, 1.807) is 6.20 Å². The monoisotopic (exact) mass is 187 g/mol. The summed E-state index contributed by atoms with van der Waals surface area (Å²) in [7, 11) is 0. The second-order valence-corrected chi connectivity index (χ2v) is 2.81. The van der Waals surface area contributed by atoms with Gasteiger partial charge >= 0.3 is 0 Å². The lowest BCUT2D eigenvalue weighted by molar-refractivity contribution is 0.456. The second kappa shape index (κ2) is 2.63. The van der Waals surface area contributed by atoms with Gasteiger partial charge < -0.3 is 4.52 Å². The Morgan fingerprint density at radius 1 is 1.29 bits per heavy atom. The summed E-state index contributed by atoms with van der Waals surface area (Å²) in [6.07, 6.45) is 1.66. The molecular weight excluding hydrogens is 182 g/mol. The van der Waals surface area contributed by atoms with Crippen LogP contribution in [-0.2, 0) is 0 Å². The quantitative estimate of drug-likeness (QED) is 0.614. The van der Waals surface area contributed by atoms with Crippen molar-refractivity contribution < 1.29 is 4.52 Å². The number of tetrazole rings is 1. The minimum Gasteiger partial charge on any atom is -0.356 e. The first kappa shape index (κ1) is 7.19. The molecule has 0 aliphatic carbocycles. The Morgan fingerprint density at radius 3 is 3.14 bits per heavy atom. The number of fused-ring (bicyclic) bond motifs is 1. The van der Waals surface area contributed by atoms with Gasteiger partial charge in [-0.25, -0.2) is 0 Å². The number of aromatic nitrogens is 5. The summed E-state index contributed by atoms with van der Waals surface area (Å²) in [4.78, 5) is 0. The lowest BCUT2D eigenvalue weighted by atomic mass is 10.2. The molecule has 0 fully saturated rings. The summed E-state index contributed by atoms with van der Waals surface area (Å²) < 4.78 is 5.02. The minimum atomic E-state index is 0.545. The van der Waals surface area contributed by atoms with Crippen LogP contribution >= 0.6 is 0 Å². The highest BCUT2D eigenvalue weighted by Crippen LogP contribution is 2.20. The Hall–Kier alpha value is -2.24. The van der Waals surface area contributed by atoms with Crippen molar-refractivity contribution in [2.75, 3.05) is 0 Å². The standard InChI is InChI=1S/C8H5N5O/c1-2-6-4-9-14-7(6)3-5(1)8-10-12-13-11-8/h1-4H,(H,10,11,12,13). The van der Waals surface area contributed by atoms with Gasteiger partial charge in [0.15, 0.2) is 5.58 Å². The molecule has 1 N–H and O–H groups in total. The Labute approximate surface area is 77.9 Å². The number of hydrogen-bond donors (Lipinski definition) is 1. The van der Waals surface area contributed by atoms with Crippen LogP contribution in [0.4, 0.5) is 0 Å². The van der Waals surface area contributed by atoms with E-state index in [1.807, 2.05) is 18.2 Å². The second-order valence-electron chi connectivity index (χ2n) is 2.81. The molecule has 68 valence electrons. The van der Waals surface area contributed by atoms with Gasteiger partial charge in [0, 0.05) is 10.9 Å². The zero-order chi connectivity index (χ0) is 9.38. The molecule has 2 heterocycles. The Balaban J connectivity index is 2.23. The maximum Gasteiger partial charge on any atom is 0.204 e. The Bertz CT molecular complexity index is 556. The minimum absolute atomic E-state index is 0.545. The fraction of sp³-hybridized carbons (Fsp3) is 0. The maximum absolute atomic E-state index is 5.02. The summed E-state index contributed by atoms with van der Waals surface area (Å²) in [6, 6.07) is 5.62. The highest BCUT2D eigenvalue weighted by atomic mass is 16.5. The number of H-pyrrole nitrogens is 1. The van der Waals surface area contributed by atoms with Crippen LogP contribution in [-0.4, -0.2) is 25.8 Å². The molecule has 1 aromatic carbocycles. The van der Waals surface area contributed by atoms with Crippen LogP contribution in [0.3, 0.4) is 0 Å². The van der Waals surface area contributed by atoms with Gasteiger partial charge in [-0.15, -0.1) is 10.2 Å². The Kier molecular flexibility index (Phi) is 1.35. The van der Waals surface area contributed by atoms with Gasteiger partial charge in [0.05, 0.1) is 6.20 Å². The number of aromatic amines is 1. The molecule has 2 aromatic heterocycles. The molecular formula is C8H5N5O. The highest BCUT2D eigenvalue weighted by molar-refractivity contribution is 5.80. The van der Waals surface area contributed by atoms with E-state index >= 15 is 0 Å². The predicted octanol–water partition coefficient (Wildman–Crippen LogP) is 1.01. The van der Waals surface area contributed by atoms with Crippen LogP contribution < -0.4 is 0 Å². The van der Waals surface area contributed by atoms with E-state index in [2.05, 4.69) is 25.8 Å². The van der Waals surface area contributed by atoms with Crippen LogP contribution in [0.5, 0.6) is 0 Å². The molecule has 6 heteroatoms. The third-order valence-corrected chi connectivity index (χ3v) is 1.96. The molecule has 0 aliphatic heterocycles. The molecule has 0 amide bonds. The number of nitrogens with zero attached hydrogens (tertiary/aromatic N) is 4. The molecule has 3 aromatic rings. The van der Waals surface area contributed by atoms with E-state index in [9.17, 15) is 0 Å². The summed E-state index contributed by atoms with van der Waals surface area (Å²) in [5.41, 5.74) is 1.57. The Morgan fingerprint density at radius 2 is 2.29 bits per heavy atom. The molecule has 0 radical (unpaired) electrons. The van der Waals surface area contributed by atoms with Crippen LogP contribution in [0, 0.1) is 0 Å². The van der Waals surface area contributed by atoms with Crippen molar-refractivity contribution in [3.05, 3.63) is 24.4 Å². The molecule has 3 rings (SSSR count). The largest absolute Gasteiger partial charge is 0.356 e. The number of rotatable bonds is 1. The van der Waals surface area contributed by atoms with E-state index in [0.29, 0.717) is 11.4 Å². The molecule has 0 saturated carbocycles. The smallest absolute Gasteiger partial charge is 0.204 e. The fourth-order valence-electron chi connectivity index (χ4n) is 1.28. The van der Waals surface area contributed by atoms with E-state index in [0.717, 1.165) is 10.9 Å². The van der Waals surface area contributed by atoms with Crippen LogP contribution in [0.25, 0.3) is 22.4 Å². The third kappa shape index (κ3) is 0.972. The van der Waals surface area contributed by atoms with Gasteiger partial charge in [-0.1, -0.05) is 11.2 Å². The third-order valence-electron chi connectivity index (χ3n) is 1.96. The van der Waals surface area contributed by atoms with Gasteiger partial charge in [0.1, 0.15) is 0 Å². The molecule has 0 unspecified atom stereocenters. The van der Waals surface area contributed by atoms with E-state index in [1.165, 1.54) is 0 Å². The first-order chi connectivity index (χ1) is 6.93. The first-order valence-electron chi connectivity index (χ1n) is 4.02. The van der Waals surface area contributed by atoms with Gasteiger partial charge in [-0.05, 0) is 17.3 Å². The highest BCUT2D eigenvalue weighted by Gasteiger charge is 2.05. The van der Waals surface area contributed by atoms with E-state index in [-0.39, 0.29) is 0 Å². The lowest BCUT2D eigenvalue weighted by Gasteiger charge is -1.91. The fourth-order valence-corrected chi connectivity index (χ4v) is 1.28. The number of benzene rings is 1. The maximum atomic E-state index is 5.02. The normalized spacial score (nSPS) is 10.9. The van der Waals surface area contributed by atoms with Crippen molar-refractivity contribution in [1.82, 2.24) is 25.8 Å². The van der Waals surface area contributed by atoms with Crippen LogP contribution in [0.1, 0.15) is 0 Å². The predicted molar refractivity (Wildman–Crippen MR) is 47.2 cm³/mol. The molecule has 0 saturated heterocycles. The van der Waals surface area contributed by atoms with Crippen molar-refractivity contribution in [2.24, 2.45) is 0 Å². The van der Waals surface area contributed by atoms with Gasteiger partial charge in [0.25, 0.3) is 0 Å². The summed E-state index contributed by atoms with van der Waals surface area (Å²) in [6.45, 7) is 0. The topological polar surface area (TPSA) is 80.5 Å². The molecule has 0 atom stereocenters. The van der Waals surface area contributed by atoms with Crippen LogP contribution in [0.2, 0.25) is 0 Å². The van der Waals surface area contributed by atoms with Crippen molar-refractivity contribution in [1.29, 1.82) is 0 Å². The number of nitrogens with one attached hydrogen (secondary N) is 1. The average molecular weight is 187 g/mol. The zero-order valence-corrected chi connectivity index (χ0v) is 7.01. The van der Waals surface area contributed by atoms with E-state index in [4.69, 9.17) is 4.52 Å². The van der Waals surface area contributed by atoms with Crippen molar-refractivity contribution >= 4 is 11.0 Å². The molecule has 0 aliphatic rings. The van der Waals surface area contributed by atoms with Gasteiger partial charge in [0.2, 0.25) is 5.82 Å². The SMILES string of the molecule is c1cc2cnoc2cc1-c1nn[nH]n1. The van der Waals surface area contributed by atoms with Crippen molar-refractivity contribution in [3.8, 4) is 11.4 Å². The molecule has 0 spiro atoms. The van der Waals surface area contributed by atoms with Crippen molar-refractivity contribution in [3.63, 3.8) is 0 Å². The summed E-state index contributed by atoms with van der Waals surface area (Å²) in [5.74, 6) is 0.545. The lowest BCUT2D eigenvalue weighted by Crippen LogP contribution is -1.79. The zero-order valence-electron chi connectivity index (χ0n) is 7.01. The van der Waals surface area contributed by atoms with Crippen LogP contribution in [0.15, 0.2) is 28.9 Å². The first-order valence-corrected chi connectivity index (χ1v) is 4.02. The van der Waals surface area contributed by atoms with Gasteiger partial charge in [-0.3, -0.25) is 0 Å². The average Bonchev–Trinajstić information content (AvgIpc) is 2.88. The summed E-state index contributed by atoms with van der Waals surface area (Å²) >= 11 is 0. The van der Waals surface area contributed by atoms with E-state index < -0.39 is 0 Å².